The minimum atomic E-state index is -4.89. The minimum Gasteiger partial charge on any atom is -0.438 e. The van der Waals surface area contributed by atoms with Crippen LogP contribution in [0, 0.1) is 5.82 Å². The fourth-order valence-electron chi connectivity index (χ4n) is 4.62. The van der Waals surface area contributed by atoms with Gasteiger partial charge in [0.1, 0.15) is 22.2 Å². The molecule has 1 saturated heterocycles. The van der Waals surface area contributed by atoms with Gasteiger partial charge in [-0.05, 0) is 43.9 Å². The highest BCUT2D eigenvalue weighted by atomic mass is 35.5. The Morgan fingerprint density at radius 1 is 1.21 bits per heavy atom. The molecule has 0 radical (unpaired) electrons. The van der Waals surface area contributed by atoms with Crippen molar-refractivity contribution in [3.05, 3.63) is 72.9 Å². The molecule has 3 aromatic rings. The Kier molecular flexibility index (Phi) is 6.90. The van der Waals surface area contributed by atoms with E-state index in [4.69, 9.17) is 21.1 Å². The molecule has 4 heterocycles. The van der Waals surface area contributed by atoms with E-state index in [9.17, 15) is 27.2 Å². The topological polar surface area (TPSA) is 91.5 Å². The Labute approximate surface area is 218 Å². The van der Waals surface area contributed by atoms with Crippen molar-refractivity contribution in [1.82, 2.24) is 19.3 Å². The van der Waals surface area contributed by atoms with Gasteiger partial charge in [-0.3, -0.25) is 9.36 Å². The first-order valence-electron chi connectivity index (χ1n) is 11.8. The van der Waals surface area contributed by atoms with Gasteiger partial charge in [-0.1, -0.05) is 11.6 Å². The van der Waals surface area contributed by atoms with Gasteiger partial charge in [0.2, 0.25) is 5.88 Å². The third-order valence-electron chi connectivity index (χ3n) is 6.62. The summed E-state index contributed by atoms with van der Waals surface area (Å²) in [5.74, 6) is -2.05. The fourth-order valence-corrected chi connectivity index (χ4v) is 4.87. The molecule has 1 atom stereocenters. The van der Waals surface area contributed by atoms with Crippen LogP contribution in [0.3, 0.4) is 0 Å². The number of rotatable bonds is 4. The molecular formula is C24H22ClF4N5O4. The van der Waals surface area contributed by atoms with E-state index in [0.717, 1.165) is 25.0 Å². The van der Waals surface area contributed by atoms with Crippen LogP contribution in [-0.2, 0) is 30.9 Å². The summed E-state index contributed by atoms with van der Waals surface area (Å²) in [6, 6.07) is 1.99. The number of hydrogen-bond donors (Lipinski definition) is 0. The van der Waals surface area contributed by atoms with Crippen LogP contribution in [-0.4, -0.2) is 32.5 Å². The molecule has 0 saturated carbocycles. The third-order valence-corrected chi connectivity index (χ3v) is 6.97. The Morgan fingerprint density at radius 2 is 2.00 bits per heavy atom. The van der Waals surface area contributed by atoms with Gasteiger partial charge in [-0.25, -0.2) is 9.18 Å². The lowest BCUT2D eigenvalue weighted by Gasteiger charge is -2.32. The number of alkyl halides is 3. The van der Waals surface area contributed by atoms with Crippen LogP contribution in [0.4, 0.5) is 23.2 Å². The van der Waals surface area contributed by atoms with Gasteiger partial charge in [-0.2, -0.15) is 27.9 Å². The summed E-state index contributed by atoms with van der Waals surface area (Å²) in [6.07, 6.45) is -1.28. The molecule has 9 nitrogen and oxygen atoms in total. The largest absolute Gasteiger partial charge is 0.438 e. The number of nitrogens with zero attached hydrogens (tertiary/aromatic N) is 5. The van der Waals surface area contributed by atoms with Crippen molar-refractivity contribution in [1.29, 1.82) is 0 Å². The lowest BCUT2D eigenvalue weighted by atomic mass is 10.1. The zero-order valence-electron chi connectivity index (χ0n) is 20.1. The molecule has 2 aliphatic rings. The summed E-state index contributed by atoms with van der Waals surface area (Å²) in [6.45, 7) is 0.889. The highest BCUT2D eigenvalue weighted by Gasteiger charge is 2.36. The van der Waals surface area contributed by atoms with E-state index in [2.05, 4.69) is 10.1 Å². The van der Waals surface area contributed by atoms with E-state index in [1.165, 1.54) is 22.5 Å². The maximum Gasteiger partial charge on any atom is 0.420 e. The molecule has 0 N–H and O–H groups in total. The van der Waals surface area contributed by atoms with Crippen LogP contribution in [0.25, 0.3) is 0 Å². The quantitative estimate of drug-likeness (QED) is 0.446. The lowest BCUT2D eigenvalue weighted by Crippen LogP contribution is -2.38. The fraction of sp³-hybridized carbons (Fsp3) is 0.417. The number of fused-ring (bicyclic) bond motifs is 1. The molecular weight excluding hydrogens is 534 g/mol. The number of ether oxygens (including phenoxy) is 2. The second-order valence-corrected chi connectivity index (χ2v) is 9.39. The number of aromatic nitrogens is 4. The summed E-state index contributed by atoms with van der Waals surface area (Å²) in [5, 5.41) is 4.20. The highest BCUT2D eigenvalue weighted by molar-refractivity contribution is 6.33. The standard InChI is InChI=1S/C24H22ClF4N5O4/c1-32-17-12-33(16-11-30-34(22(35)20(16)25)19-4-2-3-9-37-19)8-7-14(17)21(31-23(32)36)38-18-6-5-13(26)10-15(18)24(27,28)29/h5-6,10-11,19H,2-4,7-9,12H2,1H3. The summed E-state index contributed by atoms with van der Waals surface area (Å²) in [4.78, 5) is 31.1. The van der Waals surface area contributed by atoms with Crippen molar-refractivity contribution in [3.63, 3.8) is 0 Å². The van der Waals surface area contributed by atoms with E-state index in [1.54, 1.807) is 4.90 Å². The van der Waals surface area contributed by atoms with Crippen LogP contribution in [0.5, 0.6) is 11.6 Å². The van der Waals surface area contributed by atoms with Gasteiger partial charge in [0.05, 0.1) is 24.1 Å². The van der Waals surface area contributed by atoms with E-state index >= 15 is 0 Å². The summed E-state index contributed by atoms with van der Waals surface area (Å²) in [7, 11) is 1.47. The molecule has 2 aliphatic heterocycles. The second kappa shape index (κ2) is 10.0. The Balaban J connectivity index is 1.48. The molecule has 38 heavy (non-hydrogen) atoms. The first-order chi connectivity index (χ1) is 18.0. The molecule has 0 amide bonds. The molecule has 0 bridgehead atoms. The Bertz CT molecular complexity index is 1500. The summed E-state index contributed by atoms with van der Waals surface area (Å²) >= 11 is 6.45. The predicted octanol–water partition coefficient (Wildman–Crippen LogP) is 4.20. The molecule has 2 aromatic heterocycles. The van der Waals surface area contributed by atoms with E-state index < -0.39 is 40.8 Å². The molecule has 1 unspecified atom stereocenters. The van der Waals surface area contributed by atoms with Gasteiger partial charge in [0, 0.05) is 25.8 Å². The maximum absolute atomic E-state index is 13.5. The maximum atomic E-state index is 13.5. The Morgan fingerprint density at radius 3 is 2.71 bits per heavy atom. The lowest BCUT2D eigenvalue weighted by molar-refractivity contribution is -0.138. The first-order valence-corrected chi connectivity index (χ1v) is 12.2. The molecule has 14 heteroatoms. The van der Waals surface area contributed by atoms with Crippen LogP contribution in [0.2, 0.25) is 5.02 Å². The number of benzene rings is 1. The first kappa shape index (κ1) is 26.2. The Hall–Kier alpha value is -3.45. The second-order valence-electron chi connectivity index (χ2n) is 9.01. The minimum absolute atomic E-state index is 0.0608. The van der Waals surface area contributed by atoms with Gasteiger partial charge in [0.25, 0.3) is 5.56 Å². The summed E-state index contributed by atoms with van der Waals surface area (Å²) in [5.41, 5.74) is -1.42. The molecule has 0 spiro atoms. The zero-order valence-corrected chi connectivity index (χ0v) is 20.9. The third kappa shape index (κ3) is 4.87. The van der Waals surface area contributed by atoms with Crippen LogP contribution < -0.4 is 20.9 Å². The van der Waals surface area contributed by atoms with Crippen molar-refractivity contribution < 1.29 is 27.0 Å². The number of halogens is 5. The summed E-state index contributed by atoms with van der Waals surface area (Å²) < 4.78 is 67.5. The average Bonchev–Trinajstić information content (AvgIpc) is 2.89. The van der Waals surface area contributed by atoms with Crippen molar-refractivity contribution in [2.24, 2.45) is 7.05 Å². The smallest absolute Gasteiger partial charge is 0.420 e. The van der Waals surface area contributed by atoms with Crippen molar-refractivity contribution in [3.8, 4) is 11.6 Å². The number of anilines is 1. The highest BCUT2D eigenvalue weighted by Crippen LogP contribution is 2.39. The molecule has 1 aromatic carbocycles. The van der Waals surface area contributed by atoms with Crippen molar-refractivity contribution in [2.75, 3.05) is 18.1 Å². The van der Waals surface area contributed by atoms with Crippen LogP contribution >= 0.6 is 11.6 Å². The molecule has 5 rings (SSSR count). The SMILES string of the molecule is Cn1c2c(c(Oc3ccc(F)cc3C(F)(F)F)nc1=O)CCN(c1cnn(C3CCCCO3)c(=O)c1Cl)C2. The van der Waals surface area contributed by atoms with E-state index in [0.29, 0.717) is 36.0 Å². The molecule has 1 fully saturated rings. The van der Waals surface area contributed by atoms with E-state index in [-0.39, 0.29) is 30.4 Å². The van der Waals surface area contributed by atoms with Gasteiger partial charge < -0.3 is 14.4 Å². The monoisotopic (exact) mass is 555 g/mol. The van der Waals surface area contributed by atoms with Crippen LogP contribution in [0.1, 0.15) is 42.3 Å². The van der Waals surface area contributed by atoms with Crippen molar-refractivity contribution in [2.45, 2.75) is 44.6 Å². The average molecular weight is 556 g/mol. The van der Waals surface area contributed by atoms with Gasteiger partial charge in [0.15, 0.2) is 6.23 Å². The zero-order chi connectivity index (χ0) is 27.2. The van der Waals surface area contributed by atoms with Gasteiger partial charge >= 0.3 is 11.9 Å². The van der Waals surface area contributed by atoms with Crippen molar-refractivity contribution >= 4 is 17.3 Å². The van der Waals surface area contributed by atoms with Crippen LogP contribution in [0.15, 0.2) is 34.0 Å². The normalized spacial score (nSPS) is 17.8. The molecule has 202 valence electrons. The number of hydrogen-bond acceptors (Lipinski definition) is 7. The van der Waals surface area contributed by atoms with Gasteiger partial charge in [-0.15, -0.1) is 0 Å². The predicted molar refractivity (Wildman–Crippen MR) is 128 cm³/mol. The van der Waals surface area contributed by atoms with E-state index in [1.807, 2.05) is 0 Å². The molecule has 0 aliphatic carbocycles.